The van der Waals surface area contributed by atoms with Gasteiger partial charge in [-0.15, -0.1) is 0 Å². The van der Waals surface area contributed by atoms with Crippen LogP contribution in [-0.4, -0.2) is 19.1 Å². The molecule has 20 heavy (non-hydrogen) atoms. The molecule has 0 aliphatic rings. The van der Waals surface area contributed by atoms with Gasteiger partial charge < -0.3 is 10.5 Å². The van der Waals surface area contributed by atoms with Crippen LogP contribution in [0.4, 0.5) is 10.1 Å². The van der Waals surface area contributed by atoms with Gasteiger partial charge in [-0.25, -0.2) is 4.39 Å². The van der Waals surface area contributed by atoms with E-state index in [1.54, 1.807) is 6.07 Å². The van der Waals surface area contributed by atoms with Gasteiger partial charge in [0, 0.05) is 18.8 Å². The molecule has 2 N–H and O–H groups in total. The van der Waals surface area contributed by atoms with Crippen molar-refractivity contribution in [3.05, 3.63) is 59.4 Å². The second-order valence-electron chi connectivity index (χ2n) is 4.88. The Morgan fingerprint density at radius 1 is 1.05 bits per heavy atom. The lowest BCUT2D eigenvalue weighted by Crippen LogP contribution is -2.17. The Bertz CT molecular complexity index is 569. The van der Waals surface area contributed by atoms with Gasteiger partial charge in [0.05, 0.1) is 7.11 Å². The van der Waals surface area contributed by atoms with Crippen molar-refractivity contribution < 1.29 is 9.13 Å². The van der Waals surface area contributed by atoms with Gasteiger partial charge in [0.2, 0.25) is 0 Å². The summed E-state index contributed by atoms with van der Waals surface area (Å²) >= 11 is 0. The Morgan fingerprint density at radius 2 is 1.65 bits per heavy atom. The summed E-state index contributed by atoms with van der Waals surface area (Å²) in [6, 6.07) is 12.8. The molecule has 3 nitrogen and oxygen atoms in total. The molecule has 0 aliphatic heterocycles. The molecular formula is C16H19FN2O. The summed E-state index contributed by atoms with van der Waals surface area (Å²) in [5.74, 6) is -0.0548. The minimum absolute atomic E-state index is 0.273. The molecule has 0 atom stereocenters. The van der Waals surface area contributed by atoms with E-state index in [1.807, 2.05) is 37.4 Å². The SMILES string of the molecule is COc1ccc(CN(C)Cc2ccc(N)cc2)cc1F. The lowest BCUT2D eigenvalue weighted by Gasteiger charge is -2.17. The van der Waals surface area contributed by atoms with Crippen molar-refractivity contribution in [2.24, 2.45) is 0 Å². The molecule has 0 amide bonds. The maximum absolute atomic E-state index is 13.6. The number of halogens is 1. The minimum atomic E-state index is -0.328. The molecule has 0 saturated carbocycles. The lowest BCUT2D eigenvalue weighted by atomic mass is 10.1. The quantitative estimate of drug-likeness (QED) is 0.852. The topological polar surface area (TPSA) is 38.5 Å². The van der Waals surface area contributed by atoms with Gasteiger partial charge in [0.15, 0.2) is 11.6 Å². The molecule has 0 fully saturated rings. The molecular weight excluding hydrogens is 255 g/mol. The van der Waals surface area contributed by atoms with Crippen molar-refractivity contribution in [3.63, 3.8) is 0 Å². The smallest absolute Gasteiger partial charge is 0.165 e. The van der Waals surface area contributed by atoms with Crippen LogP contribution in [0, 0.1) is 5.82 Å². The van der Waals surface area contributed by atoms with Crippen LogP contribution < -0.4 is 10.5 Å². The van der Waals surface area contributed by atoms with Crippen LogP contribution in [0.2, 0.25) is 0 Å². The Balaban J connectivity index is 1.99. The highest BCUT2D eigenvalue weighted by atomic mass is 19.1. The van der Waals surface area contributed by atoms with Crippen LogP contribution in [0.15, 0.2) is 42.5 Å². The van der Waals surface area contributed by atoms with Gasteiger partial charge in [0.1, 0.15) is 0 Å². The summed E-state index contributed by atoms with van der Waals surface area (Å²) in [6.45, 7) is 1.46. The molecule has 4 heteroatoms. The first-order chi connectivity index (χ1) is 9.58. The average Bonchev–Trinajstić information content (AvgIpc) is 2.41. The standard InChI is InChI=1S/C16H19FN2O/c1-19(10-12-3-6-14(18)7-4-12)11-13-5-8-16(20-2)15(17)9-13/h3-9H,10-11,18H2,1-2H3. The predicted molar refractivity (Wildman–Crippen MR) is 79.0 cm³/mol. The van der Waals surface area contributed by atoms with Crippen molar-refractivity contribution in [1.82, 2.24) is 4.90 Å². The first-order valence-corrected chi connectivity index (χ1v) is 6.44. The molecule has 0 radical (unpaired) electrons. The fourth-order valence-corrected chi connectivity index (χ4v) is 2.11. The maximum Gasteiger partial charge on any atom is 0.165 e. The van der Waals surface area contributed by atoms with Crippen molar-refractivity contribution in [1.29, 1.82) is 0 Å². The predicted octanol–water partition coefficient (Wildman–Crippen LogP) is 3.05. The monoisotopic (exact) mass is 274 g/mol. The van der Waals surface area contributed by atoms with Crippen LogP contribution in [0.5, 0.6) is 5.75 Å². The number of hydrogen-bond donors (Lipinski definition) is 1. The summed E-state index contributed by atoms with van der Waals surface area (Å²) in [6.07, 6.45) is 0. The van der Waals surface area contributed by atoms with Crippen LogP contribution in [0.25, 0.3) is 0 Å². The molecule has 0 aliphatic carbocycles. The molecule has 0 spiro atoms. The zero-order valence-electron chi connectivity index (χ0n) is 11.8. The number of rotatable bonds is 5. The molecule has 2 rings (SSSR count). The third-order valence-corrected chi connectivity index (χ3v) is 3.10. The minimum Gasteiger partial charge on any atom is -0.494 e. The van der Waals surface area contributed by atoms with E-state index in [0.29, 0.717) is 6.54 Å². The Labute approximate surface area is 118 Å². The highest BCUT2D eigenvalue weighted by Gasteiger charge is 2.06. The molecule has 0 unspecified atom stereocenters. The molecule has 2 aromatic carbocycles. The number of ether oxygens (including phenoxy) is 1. The zero-order chi connectivity index (χ0) is 14.5. The van der Waals surface area contributed by atoms with E-state index in [2.05, 4.69) is 4.90 Å². The molecule has 0 bridgehead atoms. The highest BCUT2D eigenvalue weighted by Crippen LogP contribution is 2.19. The van der Waals surface area contributed by atoms with E-state index in [0.717, 1.165) is 17.8 Å². The van der Waals surface area contributed by atoms with E-state index >= 15 is 0 Å². The summed E-state index contributed by atoms with van der Waals surface area (Å²) in [5.41, 5.74) is 8.51. The van der Waals surface area contributed by atoms with E-state index in [1.165, 1.54) is 18.7 Å². The number of nitrogens with two attached hydrogens (primary N) is 1. The molecule has 0 saturated heterocycles. The average molecular weight is 274 g/mol. The van der Waals surface area contributed by atoms with Crippen LogP contribution in [-0.2, 0) is 13.1 Å². The van der Waals surface area contributed by atoms with Gasteiger partial charge in [-0.1, -0.05) is 18.2 Å². The van der Waals surface area contributed by atoms with E-state index in [4.69, 9.17) is 10.5 Å². The molecule has 0 heterocycles. The number of methoxy groups -OCH3 is 1. The van der Waals surface area contributed by atoms with Crippen LogP contribution >= 0.6 is 0 Å². The van der Waals surface area contributed by atoms with E-state index < -0.39 is 0 Å². The van der Waals surface area contributed by atoms with Gasteiger partial charge >= 0.3 is 0 Å². The first kappa shape index (κ1) is 14.3. The van der Waals surface area contributed by atoms with Gasteiger partial charge in [0.25, 0.3) is 0 Å². The molecule has 0 aromatic heterocycles. The second-order valence-corrected chi connectivity index (χ2v) is 4.88. The summed E-state index contributed by atoms with van der Waals surface area (Å²) < 4.78 is 18.5. The van der Waals surface area contributed by atoms with Crippen LogP contribution in [0.3, 0.4) is 0 Å². The largest absolute Gasteiger partial charge is 0.494 e. The van der Waals surface area contributed by atoms with Crippen molar-refractivity contribution in [2.75, 3.05) is 19.9 Å². The summed E-state index contributed by atoms with van der Waals surface area (Å²) in [4.78, 5) is 2.12. The number of benzene rings is 2. The summed E-state index contributed by atoms with van der Waals surface area (Å²) in [7, 11) is 3.46. The lowest BCUT2D eigenvalue weighted by molar-refractivity contribution is 0.317. The van der Waals surface area contributed by atoms with Gasteiger partial charge in [-0.05, 0) is 42.4 Å². The van der Waals surface area contributed by atoms with E-state index in [9.17, 15) is 4.39 Å². The Hall–Kier alpha value is -2.07. The molecule has 106 valence electrons. The highest BCUT2D eigenvalue weighted by molar-refractivity contribution is 5.39. The summed E-state index contributed by atoms with van der Waals surface area (Å²) in [5, 5.41) is 0. The van der Waals surface area contributed by atoms with Crippen LogP contribution in [0.1, 0.15) is 11.1 Å². The second kappa shape index (κ2) is 6.39. The van der Waals surface area contributed by atoms with Crippen molar-refractivity contribution >= 4 is 5.69 Å². The number of hydrogen-bond acceptors (Lipinski definition) is 3. The third-order valence-electron chi connectivity index (χ3n) is 3.10. The first-order valence-electron chi connectivity index (χ1n) is 6.44. The number of anilines is 1. The third kappa shape index (κ3) is 3.71. The zero-order valence-corrected chi connectivity index (χ0v) is 11.8. The number of nitrogens with zero attached hydrogens (tertiary/aromatic N) is 1. The Morgan fingerprint density at radius 3 is 2.25 bits per heavy atom. The fraction of sp³-hybridized carbons (Fsp3) is 0.250. The normalized spacial score (nSPS) is 10.8. The molecule has 2 aromatic rings. The number of nitrogen functional groups attached to an aromatic ring is 1. The maximum atomic E-state index is 13.6. The van der Waals surface area contributed by atoms with Gasteiger partial charge in [-0.3, -0.25) is 4.90 Å². The van der Waals surface area contributed by atoms with Crippen molar-refractivity contribution in [3.8, 4) is 5.75 Å². The van der Waals surface area contributed by atoms with Gasteiger partial charge in [-0.2, -0.15) is 0 Å². The van der Waals surface area contributed by atoms with E-state index in [-0.39, 0.29) is 11.6 Å². The fourth-order valence-electron chi connectivity index (χ4n) is 2.11. The Kier molecular flexibility index (Phi) is 4.58. The van der Waals surface area contributed by atoms with Crippen molar-refractivity contribution in [2.45, 2.75) is 13.1 Å².